The lowest BCUT2D eigenvalue weighted by atomic mass is 9.98. The molecule has 6 rings (SSSR count). The molecule has 5 aromatic rings. The molecular weight excluding hydrogens is 559 g/mol. The number of carbonyl (C=O) groups is 1. The van der Waals surface area contributed by atoms with Crippen LogP contribution in [0.15, 0.2) is 54.6 Å². The standard InChI is InChI=1S/C31H30FN3O4.C4H11N/c1-19-28-25-9-4-8-23-24(10-5-16-39-27-11-3-7-20-17-21(32)12-13-22(20)27)30(31(36)37)35(29(23)25)14-6-15-38-18-26(28)34(2)33-19;1-3-5-4-2/h3-4,7-9,11-13,17H,5-6,10,14-16,18H2,1-2H3,(H,36,37);5H,3-4H2,1-2H3. The highest BCUT2D eigenvalue weighted by Gasteiger charge is 2.27. The van der Waals surface area contributed by atoms with E-state index in [1.165, 1.54) is 12.1 Å². The van der Waals surface area contributed by atoms with Gasteiger partial charge >= 0.3 is 5.97 Å². The molecule has 0 aliphatic carbocycles. The summed E-state index contributed by atoms with van der Waals surface area (Å²) in [5.74, 6) is -0.536. The minimum atomic E-state index is -0.940. The lowest BCUT2D eigenvalue weighted by Gasteiger charge is -2.16. The van der Waals surface area contributed by atoms with Crippen LogP contribution in [0.1, 0.15) is 54.1 Å². The van der Waals surface area contributed by atoms with Crippen LogP contribution in [-0.2, 0) is 31.4 Å². The number of rotatable bonds is 8. The molecule has 0 radical (unpaired) electrons. The Balaban J connectivity index is 0.000000712. The van der Waals surface area contributed by atoms with Crippen LogP contribution >= 0.6 is 0 Å². The minimum absolute atomic E-state index is 0.285. The smallest absolute Gasteiger partial charge is 0.352 e. The zero-order valence-electron chi connectivity index (χ0n) is 26.0. The number of halogens is 1. The maximum absolute atomic E-state index is 13.7. The molecule has 2 aromatic heterocycles. The number of para-hydroxylation sites is 1. The van der Waals surface area contributed by atoms with Crippen LogP contribution in [0, 0.1) is 12.7 Å². The molecule has 2 N–H and O–H groups in total. The lowest BCUT2D eigenvalue weighted by molar-refractivity contribution is 0.0681. The van der Waals surface area contributed by atoms with Gasteiger partial charge < -0.3 is 24.5 Å². The van der Waals surface area contributed by atoms with Crippen molar-refractivity contribution in [2.24, 2.45) is 7.05 Å². The molecule has 1 aliphatic heterocycles. The fourth-order valence-corrected chi connectivity index (χ4v) is 6.15. The number of hydrogen-bond acceptors (Lipinski definition) is 5. The van der Waals surface area contributed by atoms with Crippen molar-refractivity contribution < 1.29 is 23.8 Å². The van der Waals surface area contributed by atoms with Crippen molar-refractivity contribution >= 4 is 27.6 Å². The van der Waals surface area contributed by atoms with Crippen LogP contribution in [0.3, 0.4) is 0 Å². The molecule has 0 saturated carbocycles. The fraction of sp³-hybridized carbons (Fsp3) is 0.371. The zero-order valence-corrected chi connectivity index (χ0v) is 26.0. The topological polar surface area (TPSA) is 90.5 Å². The normalized spacial score (nSPS) is 12.9. The zero-order chi connectivity index (χ0) is 31.2. The second-order valence-corrected chi connectivity index (χ2v) is 11.0. The summed E-state index contributed by atoms with van der Waals surface area (Å²) in [7, 11) is 1.92. The summed E-state index contributed by atoms with van der Waals surface area (Å²) in [6, 6.07) is 16.3. The molecular formula is C35H41FN4O4. The van der Waals surface area contributed by atoms with E-state index in [0.29, 0.717) is 57.1 Å². The Morgan fingerprint density at radius 2 is 1.91 bits per heavy atom. The average molecular weight is 601 g/mol. The first-order valence-electron chi connectivity index (χ1n) is 15.3. The molecule has 3 aromatic carbocycles. The molecule has 8 nitrogen and oxygen atoms in total. The highest BCUT2D eigenvalue weighted by Crippen LogP contribution is 2.39. The average Bonchev–Trinajstić information content (AvgIpc) is 3.48. The summed E-state index contributed by atoms with van der Waals surface area (Å²) in [5.41, 5.74) is 5.92. The van der Waals surface area contributed by atoms with Crippen molar-refractivity contribution in [3.05, 3.63) is 83.1 Å². The monoisotopic (exact) mass is 600 g/mol. The van der Waals surface area contributed by atoms with E-state index in [9.17, 15) is 14.3 Å². The summed E-state index contributed by atoms with van der Waals surface area (Å²) in [5, 5.41) is 20.7. The molecule has 0 unspecified atom stereocenters. The van der Waals surface area contributed by atoms with E-state index in [-0.39, 0.29) is 5.82 Å². The van der Waals surface area contributed by atoms with Gasteiger partial charge in [-0.2, -0.15) is 5.10 Å². The van der Waals surface area contributed by atoms with Crippen LogP contribution in [0.2, 0.25) is 0 Å². The first-order chi connectivity index (χ1) is 21.3. The molecule has 0 fully saturated rings. The molecule has 0 amide bonds. The van der Waals surface area contributed by atoms with Crippen LogP contribution in [0.4, 0.5) is 4.39 Å². The maximum Gasteiger partial charge on any atom is 0.352 e. The second kappa shape index (κ2) is 14.1. The molecule has 0 spiro atoms. The SMILES string of the molecule is CCNCC.Cc1nn(C)c2c1-c1cccc3c(CCCOc4cccc5cc(F)ccc45)c(C(=O)O)n(c13)CCCOC2. The van der Waals surface area contributed by atoms with Gasteiger partial charge in [0.05, 0.1) is 30.1 Å². The highest BCUT2D eigenvalue weighted by atomic mass is 19.1. The Morgan fingerprint density at radius 3 is 2.66 bits per heavy atom. The van der Waals surface area contributed by atoms with Crippen LogP contribution in [0.25, 0.3) is 32.8 Å². The number of aryl methyl sites for hydroxylation is 4. The van der Waals surface area contributed by atoms with Gasteiger partial charge in [0.1, 0.15) is 17.3 Å². The number of aromatic carboxylic acids is 1. The molecule has 1 aliphatic rings. The summed E-state index contributed by atoms with van der Waals surface area (Å²) in [4.78, 5) is 12.7. The number of hydrogen-bond donors (Lipinski definition) is 2. The van der Waals surface area contributed by atoms with Gasteiger partial charge in [-0.3, -0.25) is 4.68 Å². The van der Waals surface area contributed by atoms with Gasteiger partial charge in [0.2, 0.25) is 0 Å². The predicted octanol–water partition coefficient (Wildman–Crippen LogP) is 6.89. The largest absolute Gasteiger partial charge is 0.493 e. The van der Waals surface area contributed by atoms with Crippen molar-refractivity contribution in [3.63, 3.8) is 0 Å². The Kier molecular flexibility index (Phi) is 9.97. The van der Waals surface area contributed by atoms with Crippen LogP contribution in [-0.4, -0.2) is 51.7 Å². The Hall–Kier alpha value is -4.21. The third-order valence-electron chi connectivity index (χ3n) is 8.04. The van der Waals surface area contributed by atoms with Gasteiger partial charge in [-0.25, -0.2) is 9.18 Å². The molecule has 9 heteroatoms. The molecule has 232 valence electrons. The summed E-state index contributed by atoms with van der Waals surface area (Å²) < 4.78 is 29.5. The number of nitrogens with one attached hydrogen (secondary N) is 1. The van der Waals surface area contributed by atoms with E-state index >= 15 is 0 Å². The van der Waals surface area contributed by atoms with E-state index in [1.807, 2.05) is 53.6 Å². The molecule has 0 bridgehead atoms. The lowest BCUT2D eigenvalue weighted by Crippen LogP contribution is -2.14. The van der Waals surface area contributed by atoms with Gasteiger partial charge in [-0.1, -0.05) is 44.2 Å². The van der Waals surface area contributed by atoms with Crippen molar-refractivity contribution in [3.8, 4) is 16.9 Å². The quantitative estimate of drug-likeness (QED) is 0.189. The Morgan fingerprint density at radius 1 is 1.11 bits per heavy atom. The molecule has 3 heterocycles. The number of carboxylic acid groups (broad SMARTS) is 1. The van der Waals surface area contributed by atoms with Gasteiger partial charge in [-0.15, -0.1) is 0 Å². The van der Waals surface area contributed by atoms with Gasteiger partial charge in [0.25, 0.3) is 0 Å². The predicted molar refractivity (Wildman–Crippen MR) is 172 cm³/mol. The highest BCUT2D eigenvalue weighted by molar-refractivity contribution is 6.04. The maximum atomic E-state index is 13.7. The van der Waals surface area contributed by atoms with Crippen molar-refractivity contribution in [2.45, 2.75) is 53.2 Å². The van der Waals surface area contributed by atoms with Gasteiger partial charge in [0, 0.05) is 42.1 Å². The van der Waals surface area contributed by atoms with E-state index < -0.39 is 5.97 Å². The summed E-state index contributed by atoms with van der Waals surface area (Å²) in [6.45, 7) is 10.3. The summed E-state index contributed by atoms with van der Waals surface area (Å²) in [6.07, 6.45) is 1.87. The third kappa shape index (κ3) is 6.34. The molecule has 44 heavy (non-hydrogen) atoms. The minimum Gasteiger partial charge on any atom is -0.493 e. The number of fused-ring (bicyclic) bond motifs is 3. The van der Waals surface area contributed by atoms with Crippen LogP contribution in [0.5, 0.6) is 5.75 Å². The first-order valence-corrected chi connectivity index (χ1v) is 15.3. The summed E-state index contributed by atoms with van der Waals surface area (Å²) >= 11 is 0. The van der Waals surface area contributed by atoms with Crippen LogP contribution < -0.4 is 10.1 Å². The van der Waals surface area contributed by atoms with E-state index in [0.717, 1.165) is 62.8 Å². The van der Waals surface area contributed by atoms with Crippen molar-refractivity contribution in [1.82, 2.24) is 19.7 Å². The first kappa shape index (κ1) is 31.2. The van der Waals surface area contributed by atoms with Gasteiger partial charge in [-0.05, 0) is 74.5 Å². The molecule has 0 saturated heterocycles. The second-order valence-electron chi connectivity index (χ2n) is 11.0. The van der Waals surface area contributed by atoms with Gasteiger partial charge in [0.15, 0.2) is 0 Å². The van der Waals surface area contributed by atoms with Crippen molar-refractivity contribution in [2.75, 3.05) is 26.3 Å². The Bertz CT molecular complexity index is 1770. The fourth-order valence-electron chi connectivity index (χ4n) is 6.15. The van der Waals surface area contributed by atoms with Crippen molar-refractivity contribution in [1.29, 1.82) is 0 Å². The number of aromatic nitrogens is 3. The third-order valence-corrected chi connectivity index (χ3v) is 8.04. The number of carboxylic acids is 1. The number of nitrogens with zero attached hydrogens (tertiary/aromatic N) is 3. The Labute approximate surface area is 257 Å². The number of benzene rings is 3. The van der Waals surface area contributed by atoms with E-state index in [1.54, 1.807) is 6.07 Å². The van der Waals surface area contributed by atoms with E-state index in [4.69, 9.17) is 9.47 Å². The number of ether oxygens (including phenoxy) is 2. The molecule has 0 atom stereocenters. The van der Waals surface area contributed by atoms with E-state index in [2.05, 4.69) is 30.3 Å².